The third-order valence-corrected chi connectivity index (χ3v) is 2.52. The molecule has 0 unspecified atom stereocenters. The smallest absolute Gasteiger partial charge is 0.269 e. The van der Waals surface area contributed by atoms with E-state index in [4.69, 9.17) is 0 Å². The Morgan fingerprint density at radius 1 is 1.43 bits per heavy atom. The van der Waals surface area contributed by atoms with E-state index in [2.05, 4.69) is 27.3 Å². The van der Waals surface area contributed by atoms with Gasteiger partial charge in [-0.3, -0.25) is 14.9 Å². The zero-order valence-corrected chi connectivity index (χ0v) is 11.0. The molecule has 0 aliphatic rings. The van der Waals surface area contributed by atoms with Crippen LogP contribution < -0.4 is 5.32 Å². The normalized spacial score (nSPS) is 10.1. The van der Waals surface area contributed by atoms with E-state index in [1.54, 1.807) is 6.08 Å². The molecule has 2 aromatic rings. The molecule has 0 spiro atoms. The van der Waals surface area contributed by atoms with Crippen LogP contribution in [0.2, 0.25) is 0 Å². The molecule has 0 radical (unpaired) electrons. The van der Waals surface area contributed by atoms with Crippen molar-refractivity contribution in [3.05, 3.63) is 47.0 Å². The molecule has 0 saturated carbocycles. The minimum absolute atomic E-state index is 0.0186. The first-order chi connectivity index (χ1) is 10.1. The molecule has 0 fully saturated rings. The standard InChI is InChI=1S/C12H12N6O3/c1-2-7-13-11(19)8-17-15-12(14-16-17)9-3-5-10(6-4-9)18(20)21/h2-6H,1,7-8H2,(H,13,19). The zero-order chi connectivity index (χ0) is 15.2. The minimum atomic E-state index is -0.488. The number of nitro benzene ring substituents is 1. The first-order valence-electron chi connectivity index (χ1n) is 6.00. The van der Waals surface area contributed by atoms with Gasteiger partial charge in [-0.25, -0.2) is 0 Å². The summed E-state index contributed by atoms with van der Waals surface area (Å²) in [6.07, 6.45) is 1.56. The quantitative estimate of drug-likeness (QED) is 0.471. The van der Waals surface area contributed by atoms with Crippen LogP contribution in [0.4, 0.5) is 5.69 Å². The molecule has 0 aliphatic heterocycles. The molecule has 0 aliphatic carbocycles. The number of nitrogens with one attached hydrogen (secondary N) is 1. The van der Waals surface area contributed by atoms with Gasteiger partial charge in [0.1, 0.15) is 6.54 Å². The van der Waals surface area contributed by atoms with E-state index in [0.29, 0.717) is 17.9 Å². The number of hydrogen-bond acceptors (Lipinski definition) is 6. The molecule has 2 rings (SSSR count). The van der Waals surface area contributed by atoms with Gasteiger partial charge in [0.15, 0.2) is 0 Å². The lowest BCUT2D eigenvalue weighted by Gasteiger charge is -1.99. The zero-order valence-electron chi connectivity index (χ0n) is 11.0. The number of non-ortho nitro benzene ring substituents is 1. The summed E-state index contributed by atoms with van der Waals surface area (Å²) >= 11 is 0. The fourth-order valence-electron chi connectivity index (χ4n) is 1.53. The maximum Gasteiger partial charge on any atom is 0.269 e. The summed E-state index contributed by atoms with van der Waals surface area (Å²) in [7, 11) is 0. The number of carbonyl (C=O) groups excluding carboxylic acids is 1. The van der Waals surface area contributed by atoms with Crippen molar-refractivity contribution < 1.29 is 9.72 Å². The number of aromatic nitrogens is 4. The predicted octanol–water partition coefficient (Wildman–Crippen LogP) is 0.550. The van der Waals surface area contributed by atoms with Gasteiger partial charge < -0.3 is 5.32 Å². The summed E-state index contributed by atoms with van der Waals surface area (Å²) in [6, 6.07) is 5.76. The second-order valence-corrected chi connectivity index (χ2v) is 4.04. The highest BCUT2D eigenvalue weighted by Gasteiger charge is 2.10. The SMILES string of the molecule is C=CCNC(=O)Cn1nnc(-c2ccc([N+](=O)[O-])cc2)n1. The lowest BCUT2D eigenvalue weighted by molar-refractivity contribution is -0.384. The monoisotopic (exact) mass is 288 g/mol. The van der Waals surface area contributed by atoms with Crippen LogP contribution in [0, 0.1) is 10.1 Å². The number of nitro groups is 1. The molecule has 0 atom stereocenters. The van der Waals surface area contributed by atoms with E-state index < -0.39 is 4.92 Å². The van der Waals surface area contributed by atoms with Gasteiger partial charge in [-0.15, -0.1) is 16.8 Å². The minimum Gasteiger partial charge on any atom is -0.351 e. The van der Waals surface area contributed by atoms with Gasteiger partial charge in [0.05, 0.1) is 4.92 Å². The lowest BCUT2D eigenvalue weighted by Crippen LogP contribution is -2.28. The highest BCUT2D eigenvalue weighted by Crippen LogP contribution is 2.18. The van der Waals surface area contributed by atoms with Gasteiger partial charge >= 0.3 is 0 Å². The summed E-state index contributed by atoms with van der Waals surface area (Å²) in [4.78, 5) is 22.7. The summed E-state index contributed by atoms with van der Waals surface area (Å²) < 4.78 is 0. The topological polar surface area (TPSA) is 116 Å². The Morgan fingerprint density at radius 3 is 2.76 bits per heavy atom. The Hall–Kier alpha value is -3.10. The van der Waals surface area contributed by atoms with Crippen molar-refractivity contribution in [2.45, 2.75) is 6.54 Å². The van der Waals surface area contributed by atoms with Crippen molar-refractivity contribution in [2.75, 3.05) is 6.54 Å². The Bertz CT molecular complexity index is 664. The summed E-state index contributed by atoms with van der Waals surface area (Å²) in [5.41, 5.74) is 0.563. The molecular weight excluding hydrogens is 276 g/mol. The van der Waals surface area contributed by atoms with Crippen LogP contribution in [0.1, 0.15) is 0 Å². The van der Waals surface area contributed by atoms with Crippen LogP contribution in [0.25, 0.3) is 11.4 Å². The predicted molar refractivity (Wildman–Crippen MR) is 73.1 cm³/mol. The van der Waals surface area contributed by atoms with Crippen LogP contribution in [0.3, 0.4) is 0 Å². The highest BCUT2D eigenvalue weighted by atomic mass is 16.6. The molecule has 1 N–H and O–H groups in total. The first-order valence-corrected chi connectivity index (χ1v) is 6.00. The summed E-state index contributed by atoms with van der Waals surface area (Å²) in [5.74, 6) is 0.0315. The maximum absolute atomic E-state index is 11.5. The van der Waals surface area contributed by atoms with Gasteiger partial charge in [0, 0.05) is 24.2 Å². The van der Waals surface area contributed by atoms with E-state index in [9.17, 15) is 14.9 Å². The van der Waals surface area contributed by atoms with Crippen LogP contribution in [0.5, 0.6) is 0 Å². The largest absolute Gasteiger partial charge is 0.351 e. The van der Waals surface area contributed by atoms with Crippen molar-refractivity contribution in [3.8, 4) is 11.4 Å². The number of nitrogens with zero attached hydrogens (tertiary/aromatic N) is 5. The third kappa shape index (κ3) is 3.69. The molecule has 9 nitrogen and oxygen atoms in total. The molecule has 0 bridgehead atoms. The van der Waals surface area contributed by atoms with Gasteiger partial charge in [0.2, 0.25) is 11.7 Å². The number of benzene rings is 1. The van der Waals surface area contributed by atoms with Crippen molar-refractivity contribution in [2.24, 2.45) is 0 Å². The fourth-order valence-corrected chi connectivity index (χ4v) is 1.53. The van der Waals surface area contributed by atoms with E-state index in [1.807, 2.05) is 0 Å². The van der Waals surface area contributed by atoms with E-state index >= 15 is 0 Å². The second kappa shape index (κ2) is 6.37. The average Bonchev–Trinajstić information content (AvgIpc) is 2.93. The van der Waals surface area contributed by atoms with Gasteiger partial charge in [0.25, 0.3) is 5.69 Å². The van der Waals surface area contributed by atoms with Gasteiger partial charge in [-0.1, -0.05) is 6.08 Å². The third-order valence-electron chi connectivity index (χ3n) is 2.52. The van der Waals surface area contributed by atoms with E-state index in [0.717, 1.165) is 4.80 Å². The molecule has 1 aromatic heterocycles. The number of tetrazole rings is 1. The lowest BCUT2D eigenvalue weighted by atomic mass is 10.2. The molecule has 1 aromatic carbocycles. The molecule has 108 valence electrons. The number of amides is 1. The van der Waals surface area contributed by atoms with E-state index in [-0.39, 0.29) is 18.1 Å². The second-order valence-electron chi connectivity index (χ2n) is 4.04. The van der Waals surface area contributed by atoms with Crippen molar-refractivity contribution in [1.82, 2.24) is 25.5 Å². The maximum atomic E-state index is 11.5. The fraction of sp³-hybridized carbons (Fsp3) is 0.167. The van der Waals surface area contributed by atoms with E-state index in [1.165, 1.54) is 24.3 Å². The number of rotatable bonds is 6. The Balaban J connectivity index is 2.07. The van der Waals surface area contributed by atoms with Gasteiger partial charge in [-0.2, -0.15) is 4.80 Å². The number of carbonyl (C=O) groups is 1. The van der Waals surface area contributed by atoms with Crippen LogP contribution in [-0.2, 0) is 11.3 Å². The summed E-state index contributed by atoms with van der Waals surface area (Å²) in [6.45, 7) is 3.79. The molecular formula is C12H12N6O3. The molecule has 0 saturated heterocycles. The van der Waals surface area contributed by atoms with Crippen LogP contribution >= 0.6 is 0 Å². The average molecular weight is 288 g/mol. The number of hydrogen-bond donors (Lipinski definition) is 1. The molecule has 9 heteroatoms. The highest BCUT2D eigenvalue weighted by molar-refractivity contribution is 5.75. The Kier molecular flexibility index (Phi) is 4.34. The Labute approximate surface area is 119 Å². The van der Waals surface area contributed by atoms with Crippen molar-refractivity contribution in [3.63, 3.8) is 0 Å². The van der Waals surface area contributed by atoms with Gasteiger partial charge in [-0.05, 0) is 17.3 Å². The van der Waals surface area contributed by atoms with Crippen molar-refractivity contribution in [1.29, 1.82) is 0 Å². The molecule has 21 heavy (non-hydrogen) atoms. The van der Waals surface area contributed by atoms with Crippen molar-refractivity contribution >= 4 is 11.6 Å². The summed E-state index contributed by atoms with van der Waals surface area (Å²) in [5, 5.41) is 24.8. The Morgan fingerprint density at radius 2 is 2.14 bits per heavy atom. The first kappa shape index (κ1) is 14.3. The molecule has 1 heterocycles. The van der Waals surface area contributed by atoms with Crippen LogP contribution in [0.15, 0.2) is 36.9 Å². The van der Waals surface area contributed by atoms with Crippen LogP contribution in [-0.4, -0.2) is 37.6 Å². The molecule has 1 amide bonds.